The van der Waals surface area contributed by atoms with E-state index >= 15 is 0 Å². The minimum atomic E-state index is -0.609. The van der Waals surface area contributed by atoms with E-state index in [1.54, 1.807) is 6.07 Å². The van der Waals surface area contributed by atoms with Crippen molar-refractivity contribution < 1.29 is 9.84 Å². The number of aliphatic hydroxyl groups is 1. The molecule has 0 aliphatic heterocycles. The number of hydrogen-bond donors (Lipinski definition) is 4. The molecule has 1 atom stereocenters. The Labute approximate surface area is 148 Å². The highest BCUT2D eigenvalue weighted by Crippen LogP contribution is 2.29. The minimum absolute atomic E-state index is 0.0517. The van der Waals surface area contributed by atoms with Crippen molar-refractivity contribution in [1.29, 1.82) is 0 Å². The highest BCUT2D eigenvalue weighted by molar-refractivity contribution is 5.67. The molecule has 0 fully saturated rings. The van der Waals surface area contributed by atoms with Gasteiger partial charge in [0.2, 0.25) is 0 Å². The number of nitrogens with two attached hydrogens (primary N) is 1. The first-order valence-electron chi connectivity index (χ1n) is 8.26. The fraction of sp³-hybridized carbons (Fsp3) is 0.444. The lowest BCUT2D eigenvalue weighted by Crippen LogP contribution is -2.42. The van der Waals surface area contributed by atoms with Gasteiger partial charge in [0.05, 0.1) is 5.69 Å². The number of nitrogens with zero attached hydrogens (tertiary/aromatic N) is 2. The van der Waals surface area contributed by atoms with Gasteiger partial charge in [-0.15, -0.1) is 10.2 Å². The van der Waals surface area contributed by atoms with E-state index in [1.165, 1.54) is 0 Å². The number of nitrogens with one attached hydrogen (secondary N) is 2. The van der Waals surface area contributed by atoms with Gasteiger partial charge in [0.1, 0.15) is 18.5 Å². The van der Waals surface area contributed by atoms with Gasteiger partial charge in [-0.25, -0.2) is 5.84 Å². The molecule has 1 unspecified atom stereocenters. The summed E-state index contributed by atoms with van der Waals surface area (Å²) >= 11 is 0. The number of β-amino-alcohol motifs (C(OH)–C–C–N with tert-alkyl or cyclic N) is 1. The Hall–Kier alpha value is -2.22. The van der Waals surface area contributed by atoms with E-state index in [0.717, 1.165) is 11.1 Å². The lowest BCUT2D eigenvalue weighted by atomic mass is 10.1. The van der Waals surface area contributed by atoms with Gasteiger partial charge in [0, 0.05) is 17.6 Å². The Balaban J connectivity index is 2.10. The number of anilines is 1. The van der Waals surface area contributed by atoms with E-state index in [2.05, 4.69) is 41.7 Å². The fourth-order valence-corrected chi connectivity index (χ4v) is 2.18. The standard InChI is InChI=1S/C18H27N5O2/c1-12-5-6-14(15-7-8-17(21-19)23-22-15)16(9-12)25-11-13(24)10-20-18(2,3)4/h5-9,13,20,24H,10-11,19H2,1-4H3,(H,21,23). The van der Waals surface area contributed by atoms with Crippen LogP contribution in [-0.2, 0) is 0 Å². The van der Waals surface area contributed by atoms with Crippen LogP contribution in [0.25, 0.3) is 11.3 Å². The number of hydrazine groups is 1. The minimum Gasteiger partial charge on any atom is -0.490 e. The van der Waals surface area contributed by atoms with Crippen LogP contribution in [-0.4, -0.2) is 40.1 Å². The summed E-state index contributed by atoms with van der Waals surface area (Å²) in [6.07, 6.45) is -0.609. The third-order valence-electron chi connectivity index (χ3n) is 3.52. The molecular weight excluding hydrogens is 318 g/mol. The van der Waals surface area contributed by atoms with Gasteiger partial charge in [-0.2, -0.15) is 0 Å². The third-order valence-corrected chi connectivity index (χ3v) is 3.52. The van der Waals surface area contributed by atoms with Crippen LogP contribution in [0.3, 0.4) is 0 Å². The number of aromatic nitrogens is 2. The molecule has 0 amide bonds. The monoisotopic (exact) mass is 345 g/mol. The summed E-state index contributed by atoms with van der Waals surface area (Å²) in [4.78, 5) is 0. The van der Waals surface area contributed by atoms with Crippen LogP contribution >= 0.6 is 0 Å². The Bertz CT molecular complexity index is 683. The van der Waals surface area contributed by atoms with E-state index in [-0.39, 0.29) is 12.1 Å². The van der Waals surface area contributed by atoms with E-state index in [9.17, 15) is 5.11 Å². The van der Waals surface area contributed by atoms with Crippen LogP contribution in [0.15, 0.2) is 30.3 Å². The molecule has 7 nitrogen and oxygen atoms in total. The Morgan fingerprint density at radius 1 is 1.20 bits per heavy atom. The van der Waals surface area contributed by atoms with Gasteiger partial charge >= 0.3 is 0 Å². The Morgan fingerprint density at radius 3 is 2.56 bits per heavy atom. The first-order chi connectivity index (χ1) is 11.8. The first kappa shape index (κ1) is 19.1. The van der Waals surface area contributed by atoms with Gasteiger partial charge in [0.15, 0.2) is 5.82 Å². The molecule has 0 radical (unpaired) electrons. The second-order valence-corrected chi connectivity index (χ2v) is 7.04. The average molecular weight is 345 g/mol. The summed E-state index contributed by atoms with van der Waals surface area (Å²) in [5.74, 6) is 6.47. The highest BCUT2D eigenvalue weighted by Gasteiger charge is 2.14. The van der Waals surface area contributed by atoms with Crippen LogP contribution in [0, 0.1) is 6.92 Å². The summed E-state index contributed by atoms with van der Waals surface area (Å²) < 4.78 is 5.86. The number of aliphatic hydroxyl groups excluding tert-OH is 1. The molecule has 1 heterocycles. The van der Waals surface area contributed by atoms with Gasteiger partial charge in [0.25, 0.3) is 0 Å². The number of hydrogen-bond acceptors (Lipinski definition) is 7. The summed E-state index contributed by atoms with van der Waals surface area (Å²) in [6, 6.07) is 9.40. The maximum atomic E-state index is 10.1. The number of aryl methyl sites for hydroxylation is 1. The molecule has 2 rings (SSSR count). The molecule has 1 aromatic heterocycles. The largest absolute Gasteiger partial charge is 0.490 e. The molecule has 136 valence electrons. The van der Waals surface area contributed by atoms with Gasteiger partial charge in [-0.1, -0.05) is 6.07 Å². The van der Waals surface area contributed by atoms with E-state index in [0.29, 0.717) is 23.8 Å². The molecule has 0 aliphatic carbocycles. The maximum absolute atomic E-state index is 10.1. The number of ether oxygens (including phenoxy) is 1. The van der Waals surface area contributed by atoms with Crippen LogP contribution in [0.4, 0.5) is 5.82 Å². The second kappa shape index (κ2) is 8.24. The van der Waals surface area contributed by atoms with Crippen molar-refractivity contribution in [3.63, 3.8) is 0 Å². The molecular formula is C18H27N5O2. The number of nitrogen functional groups attached to an aromatic ring is 1. The Kier molecular flexibility index (Phi) is 6.30. The molecule has 0 spiro atoms. The predicted octanol–water partition coefficient (Wildman–Crippen LogP) is 1.87. The second-order valence-electron chi connectivity index (χ2n) is 7.04. The lowest BCUT2D eigenvalue weighted by molar-refractivity contribution is 0.100. The zero-order valence-corrected chi connectivity index (χ0v) is 15.2. The predicted molar refractivity (Wildman–Crippen MR) is 99.3 cm³/mol. The molecule has 7 heteroatoms. The van der Waals surface area contributed by atoms with E-state index < -0.39 is 6.10 Å². The topological polar surface area (TPSA) is 105 Å². The summed E-state index contributed by atoms with van der Waals surface area (Å²) in [7, 11) is 0. The fourth-order valence-electron chi connectivity index (χ4n) is 2.18. The van der Waals surface area contributed by atoms with E-state index in [4.69, 9.17) is 10.6 Å². The van der Waals surface area contributed by atoms with Crippen molar-refractivity contribution in [2.24, 2.45) is 5.84 Å². The van der Waals surface area contributed by atoms with Crippen molar-refractivity contribution >= 4 is 5.82 Å². The van der Waals surface area contributed by atoms with E-state index in [1.807, 2.05) is 31.2 Å². The summed E-state index contributed by atoms with van der Waals surface area (Å²) in [5.41, 5.74) is 4.96. The molecule has 0 saturated heterocycles. The number of benzene rings is 1. The average Bonchev–Trinajstić information content (AvgIpc) is 2.58. The highest BCUT2D eigenvalue weighted by atomic mass is 16.5. The molecule has 0 bridgehead atoms. The van der Waals surface area contributed by atoms with Crippen LogP contribution in [0.2, 0.25) is 0 Å². The summed E-state index contributed by atoms with van der Waals surface area (Å²) in [5, 5.41) is 21.5. The molecule has 0 aliphatic rings. The van der Waals surface area contributed by atoms with Gasteiger partial charge < -0.3 is 20.6 Å². The molecule has 0 saturated carbocycles. The normalized spacial score (nSPS) is 12.7. The molecule has 1 aromatic carbocycles. The van der Waals surface area contributed by atoms with Crippen molar-refractivity contribution in [3.8, 4) is 17.0 Å². The quantitative estimate of drug-likeness (QED) is 0.448. The van der Waals surface area contributed by atoms with Gasteiger partial charge in [-0.05, 0) is 57.5 Å². The van der Waals surface area contributed by atoms with Crippen LogP contribution in [0.1, 0.15) is 26.3 Å². The maximum Gasteiger partial charge on any atom is 0.162 e. The Morgan fingerprint density at radius 2 is 1.96 bits per heavy atom. The SMILES string of the molecule is Cc1ccc(-c2ccc(NN)nn2)c(OCC(O)CNC(C)(C)C)c1. The zero-order chi connectivity index (χ0) is 18.4. The van der Waals surface area contributed by atoms with Crippen molar-refractivity contribution in [1.82, 2.24) is 15.5 Å². The van der Waals surface area contributed by atoms with Crippen molar-refractivity contribution in [2.45, 2.75) is 39.3 Å². The molecule has 25 heavy (non-hydrogen) atoms. The lowest BCUT2D eigenvalue weighted by Gasteiger charge is -2.23. The van der Waals surface area contributed by atoms with Crippen LogP contribution < -0.4 is 21.3 Å². The van der Waals surface area contributed by atoms with Crippen molar-refractivity contribution in [3.05, 3.63) is 35.9 Å². The van der Waals surface area contributed by atoms with Crippen molar-refractivity contribution in [2.75, 3.05) is 18.6 Å². The zero-order valence-electron chi connectivity index (χ0n) is 15.2. The molecule has 2 aromatic rings. The van der Waals surface area contributed by atoms with Gasteiger partial charge in [-0.3, -0.25) is 0 Å². The third kappa shape index (κ3) is 5.97. The van der Waals surface area contributed by atoms with Crippen LogP contribution in [0.5, 0.6) is 5.75 Å². The number of rotatable bonds is 7. The first-order valence-corrected chi connectivity index (χ1v) is 8.26. The molecule has 5 N–H and O–H groups in total. The summed E-state index contributed by atoms with van der Waals surface area (Å²) in [6.45, 7) is 8.80. The smallest absolute Gasteiger partial charge is 0.162 e.